The molecule has 8 rings (SSSR count). The number of fused-ring (bicyclic) bond motifs is 8. The standard InChI is InChI=1S/C40H34F2N6O2/c1-48(19-7-17-43-39(49)34-28-22-24(41)15-16-32(28)46-37-26-11-3-5-14-31(26)47-38(34)37)20-8-18-44-40(50)35-33-23(9-6-12-29(33)42)21-27-25-10-2-4-13-30(25)45-36(27)35/h2-6,9-16,21-22,45,47H,7-8,17-20H2,1H3,(H,43,49)(H,44,50). The zero-order chi connectivity index (χ0) is 34.4. The van der Waals surface area contributed by atoms with E-state index in [-0.39, 0.29) is 11.8 Å². The molecule has 0 aliphatic carbocycles. The Labute approximate surface area is 285 Å². The van der Waals surface area contributed by atoms with Gasteiger partial charge in [0.1, 0.15) is 11.6 Å². The molecular weight excluding hydrogens is 634 g/mol. The van der Waals surface area contributed by atoms with E-state index in [9.17, 15) is 14.0 Å². The van der Waals surface area contributed by atoms with E-state index in [0.29, 0.717) is 88.4 Å². The second kappa shape index (κ2) is 12.9. The number of pyridine rings is 1. The van der Waals surface area contributed by atoms with Crippen LogP contribution in [-0.2, 0) is 0 Å². The number of halogens is 2. The van der Waals surface area contributed by atoms with Crippen molar-refractivity contribution >= 4 is 77.2 Å². The van der Waals surface area contributed by atoms with Crippen molar-refractivity contribution in [1.29, 1.82) is 0 Å². The molecular formula is C40H34F2N6O2. The van der Waals surface area contributed by atoms with Crippen LogP contribution in [0.3, 0.4) is 0 Å². The Kier molecular flexibility index (Phi) is 8.08. The molecule has 10 heteroatoms. The van der Waals surface area contributed by atoms with E-state index >= 15 is 4.39 Å². The third-order valence-electron chi connectivity index (χ3n) is 9.44. The lowest BCUT2D eigenvalue weighted by atomic mass is 9.99. The monoisotopic (exact) mass is 668 g/mol. The van der Waals surface area contributed by atoms with Crippen molar-refractivity contribution in [3.8, 4) is 0 Å². The highest BCUT2D eigenvalue weighted by Gasteiger charge is 2.22. The summed E-state index contributed by atoms with van der Waals surface area (Å²) in [7, 11) is 1.99. The third-order valence-corrected chi connectivity index (χ3v) is 9.44. The minimum Gasteiger partial charge on any atom is -0.354 e. The fourth-order valence-electron chi connectivity index (χ4n) is 7.05. The lowest BCUT2D eigenvalue weighted by molar-refractivity contribution is 0.0948. The van der Waals surface area contributed by atoms with E-state index in [2.05, 4.69) is 25.5 Å². The number of hydrogen-bond donors (Lipinski definition) is 4. The Bertz CT molecular complexity index is 2610. The average Bonchev–Trinajstić information content (AvgIpc) is 3.68. The topological polar surface area (TPSA) is 106 Å². The average molecular weight is 669 g/mol. The summed E-state index contributed by atoms with van der Waals surface area (Å²) in [5.74, 6) is -1.49. The van der Waals surface area contributed by atoms with Gasteiger partial charge < -0.3 is 25.5 Å². The Morgan fingerprint density at radius 3 is 2.12 bits per heavy atom. The predicted molar refractivity (Wildman–Crippen MR) is 196 cm³/mol. The highest BCUT2D eigenvalue weighted by atomic mass is 19.1. The molecule has 3 aromatic heterocycles. The molecule has 2 amide bonds. The van der Waals surface area contributed by atoms with Crippen LogP contribution in [0.5, 0.6) is 0 Å². The summed E-state index contributed by atoms with van der Waals surface area (Å²) >= 11 is 0. The van der Waals surface area contributed by atoms with Crippen LogP contribution < -0.4 is 10.6 Å². The molecule has 0 atom stereocenters. The molecule has 5 aromatic carbocycles. The lowest BCUT2D eigenvalue weighted by Crippen LogP contribution is -2.31. The van der Waals surface area contributed by atoms with Crippen molar-refractivity contribution in [1.82, 2.24) is 30.5 Å². The minimum atomic E-state index is -0.435. The fourth-order valence-corrected chi connectivity index (χ4v) is 7.05. The van der Waals surface area contributed by atoms with Gasteiger partial charge in [0.25, 0.3) is 11.8 Å². The van der Waals surface area contributed by atoms with Crippen LogP contribution in [-0.4, -0.2) is 64.9 Å². The van der Waals surface area contributed by atoms with E-state index in [1.54, 1.807) is 12.1 Å². The van der Waals surface area contributed by atoms with E-state index in [1.165, 1.54) is 18.2 Å². The maximum Gasteiger partial charge on any atom is 0.254 e. The summed E-state index contributed by atoms with van der Waals surface area (Å²) in [6.07, 6.45) is 1.38. The number of para-hydroxylation sites is 2. The number of benzene rings is 5. The number of aromatic nitrogens is 3. The van der Waals surface area contributed by atoms with Gasteiger partial charge in [0.05, 0.1) is 33.2 Å². The Balaban J connectivity index is 0.893. The highest BCUT2D eigenvalue weighted by molar-refractivity contribution is 6.23. The van der Waals surface area contributed by atoms with Crippen LogP contribution in [0.4, 0.5) is 8.78 Å². The molecule has 4 N–H and O–H groups in total. The first-order valence-electron chi connectivity index (χ1n) is 16.7. The molecule has 0 aliphatic heterocycles. The van der Waals surface area contributed by atoms with Gasteiger partial charge in [-0.1, -0.05) is 48.5 Å². The van der Waals surface area contributed by atoms with Crippen LogP contribution in [0.15, 0.2) is 91.0 Å². The first kappa shape index (κ1) is 31.4. The summed E-state index contributed by atoms with van der Waals surface area (Å²) in [4.78, 5) is 40.7. The molecule has 3 heterocycles. The van der Waals surface area contributed by atoms with Gasteiger partial charge in [-0.15, -0.1) is 0 Å². The molecule has 250 valence electrons. The number of rotatable bonds is 10. The highest BCUT2D eigenvalue weighted by Crippen LogP contribution is 2.35. The second-order valence-electron chi connectivity index (χ2n) is 12.7. The summed E-state index contributed by atoms with van der Waals surface area (Å²) < 4.78 is 29.4. The number of carbonyl (C=O) groups excluding carboxylic acids is 2. The van der Waals surface area contributed by atoms with E-state index in [0.717, 1.165) is 27.2 Å². The first-order chi connectivity index (χ1) is 24.4. The van der Waals surface area contributed by atoms with Crippen molar-refractivity contribution in [3.05, 3.63) is 114 Å². The van der Waals surface area contributed by atoms with Gasteiger partial charge in [-0.25, -0.2) is 13.8 Å². The molecule has 50 heavy (non-hydrogen) atoms. The molecule has 0 bridgehead atoms. The third kappa shape index (κ3) is 5.57. The van der Waals surface area contributed by atoms with Crippen molar-refractivity contribution in [2.24, 2.45) is 0 Å². The van der Waals surface area contributed by atoms with Crippen LogP contribution in [0, 0.1) is 11.6 Å². The Hall–Kier alpha value is -5.87. The van der Waals surface area contributed by atoms with Gasteiger partial charge in [0.2, 0.25) is 0 Å². The smallest absolute Gasteiger partial charge is 0.254 e. The SMILES string of the molecule is CN(CCCNC(=O)c1c2cc(F)ccc2nc2c1[nH]c1ccccc12)CCCNC(=O)c1c2[nH]c3ccccc3c2cc2cccc(F)c12. The minimum absolute atomic E-state index is 0.293. The Morgan fingerprint density at radius 1 is 0.700 bits per heavy atom. The van der Waals surface area contributed by atoms with E-state index in [4.69, 9.17) is 4.98 Å². The molecule has 0 fully saturated rings. The summed E-state index contributed by atoms with van der Waals surface area (Å²) in [6, 6.07) is 26.6. The summed E-state index contributed by atoms with van der Waals surface area (Å²) in [5.41, 5.74) is 4.86. The molecule has 0 radical (unpaired) electrons. The van der Waals surface area contributed by atoms with Gasteiger partial charge in [-0.2, -0.15) is 0 Å². The number of aromatic amines is 2. The molecule has 0 aliphatic rings. The van der Waals surface area contributed by atoms with Crippen LogP contribution >= 0.6 is 0 Å². The zero-order valence-electron chi connectivity index (χ0n) is 27.4. The predicted octanol–water partition coefficient (Wildman–Crippen LogP) is 7.81. The quantitative estimate of drug-likeness (QED) is 0.112. The lowest BCUT2D eigenvalue weighted by Gasteiger charge is -2.17. The molecule has 0 unspecified atom stereocenters. The zero-order valence-corrected chi connectivity index (χ0v) is 27.4. The molecule has 0 spiro atoms. The molecule has 8 aromatic rings. The fraction of sp³-hybridized carbons (Fsp3) is 0.175. The van der Waals surface area contributed by atoms with Gasteiger partial charge >= 0.3 is 0 Å². The number of nitrogens with zero attached hydrogens (tertiary/aromatic N) is 2. The van der Waals surface area contributed by atoms with Crippen LogP contribution in [0.1, 0.15) is 33.6 Å². The van der Waals surface area contributed by atoms with Gasteiger partial charge in [0.15, 0.2) is 0 Å². The maximum absolute atomic E-state index is 15.1. The second-order valence-corrected chi connectivity index (χ2v) is 12.7. The van der Waals surface area contributed by atoms with Crippen LogP contribution in [0.25, 0.3) is 65.4 Å². The number of amides is 2. The van der Waals surface area contributed by atoms with E-state index in [1.807, 2.05) is 67.7 Å². The number of nitrogens with one attached hydrogen (secondary N) is 4. The van der Waals surface area contributed by atoms with Gasteiger partial charge in [0, 0.05) is 51.1 Å². The molecule has 0 saturated carbocycles. The van der Waals surface area contributed by atoms with Crippen molar-refractivity contribution in [3.63, 3.8) is 0 Å². The number of hydrogen-bond acceptors (Lipinski definition) is 4. The van der Waals surface area contributed by atoms with Crippen LogP contribution in [0.2, 0.25) is 0 Å². The van der Waals surface area contributed by atoms with Crippen molar-refractivity contribution in [2.75, 3.05) is 33.2 Å². The molecule has 8 nitrogen and oxygen atoms in total. The maximum atomic E-state index is 15.1. The Morgan fingerprint density at radius 2 is 1.36 bits per heavy atom. The summed E-state index contributed by atoms with van der Waals surface area (Å²) in [5, 5.41) is 10.2. The van der Waals surface area contributed by atoms with E-state index < -0.39 is 11.6 Å². The molecule has 0 saturated heterocycles. The van der Waals surface area contributed by atoms with Crippen molar-refractivity contribution in [2.45, 2.75) is 12.8 Å². The number of H-pyrrole nitrogens is 2. The number of carbonyl (C=O) groups is 2. The van der Waals surface area contributed by atoms with Gasteiger partial charge in [-0.3, -0.25) is 9.59 Å². The van der Waals surface area contributed by atoms with Gasteiger partial charge in [-0.05, 0) is 80.8 Å². The normalized spacial score (nSPS) is 11.9. The van der Waals surface area contributed by atoms with Crippen molar-refractivity contribution < 1.29 is 18.4 Å². The summed E-state index contributed by atoms with van der Waals surface area (Å²) in [6.45, 7) is 2.27. The first-order valence-corrected chi connectivity index (χ1v) is 16.7. The largest absolute Gasteiger partial charge is 0.354 e.